The number of hydrogen-bond acceptors (Lipinski definition) is 4. The highest BCUT2D eigenvalue weighted by Crippen LogP contribution is 2.23. The summed E-state index contributed by atoms with van der Waals surface area (Å²) in [4.78, 5) is 6.72. The van der Waals surface area contributed by atoms with Gasteiger partial charge in [-0.2, -0.15) is 5.10 Å². The fourth-order valence-corrected chi connectivity index (χ4v) is 2.41. The lowest BCUT2D eigenvalue weighted by molar-refractivity contribution is 0.214. The summed E-state index contributed by atoms with van der Waals surface area (Å²) in [7, 11) is 2.16. The van der Waals surface area contributed by atoms with Crippen LogP contribution >= 0.6 is 0 Å². The van der Waals surface area contributed by atoms with Crippen molar-refractivity contribution in [1.82, 2.24) is 24.6 Å². The number of aromatic nitrogens is 4. The van der Waals surface area contributed by atoms with Crippen LogP contribution in [0.1, 0.15) is 18.9 Å². The molecule has 1 atom stereocenters. The van der Waals surface area contributed by atoms with Crippen LogP contribution in [0.5, 0.6) is 0 Å². The third-order valence-corrected chi connectivity index (χ3v) is 3.24. The van der Waals surface area contributed by atoms with Crippen molar-refractivity contribution in [2.75, 3.05) is 20.1 Å². The fourth-order valence-electron chi connectivity index (χ4n) is 2.41. The maximum Gasteiger partial charge on any atom is 0.182 e. The average molecular weight is 217 g/mol. The lowest BCUT2D eigenvalue weighted by atomic mass is 10.1. The van der Waals surface area contributed by atoms with Crippen molar-refractivity contribution in [3.63, 3.8) is 0 Å². The van der Waals surface area contributed by atoms with E-state index in [4.69, 9.17) is 0 Å². The van der Waals surface area contributed by atoms with Crippen LogP contribution in [0.25, 0.3) is 11.2 Å². The van der Waals surface area contributed by atoms with Gasteiger partial charge in [-0.15, -0.1) is 5.10 Å². The molecule has 0 amide bonds. The Labute approximate surface area is 94.1 Å². The number of rotatable bonds is 1. The second-order valence-corrected chi connectivity index (χ2v) is 4.45. The van der Waals surface area contributed by atoms with E-state index in [-0.39, 0.29) is 0 Å². The SMILES string of the molecule is CN1CCC[C@@H](n2cnc3ccnnc32)C1. The highest BCUT2D eigenvalue weighted by atomic mass is 15.2. The first-order chi connectivity index (χ1) is 7.84. The molecule has 0 N–H and O–H groups in total. The molecule has 5 heteroatoms. The molecular weight excluding hydrogens is 202 g/mol. The molecule has 1 fully saturated rings. The predicted octanol–water partition coefficient (Wildman–Crippen LogP) is 1.09. The molecular formula is C11H15N5. The molecule has 0 aliphatic carbocycles. The van der Waals surface area contributed by atoms with Crippen molar-refractivity contribution in [1.29, 1.82) is 0 Å². The van der Waals surface area contributed by atoms with E-state index >= 15 is 0 Å². The van der Waals surface area contributed by atoms with Gasteiger partial charge < -0.3 is 9.47 Å². The molecule has 0 saturated carbocycles. The largest absolute Gasteiger partial charge is 0.309 e. The monoisotopic (exact) mass is 217 g/mol. The number of imidazole rings is 1. The highest BCUT2D eigenvalue weighted by Gasteiger charge is 2.20. The second-order valence-electron chi connectivity index (χ2n) is 4.45. The Kier molecular flexibility index (Phi) is 2.32. The van der Waals surface area contributed by atoms with Crippen LogP contribution in [0.4, 0.5) is 0 Å². The van der Waals surface area contributed by atoms with Crippen molar-refractivity contribution in [2.24, 2.45) is 0 Å². The summed E-state index contributed by atoms with van der Waals surface area (Å²) < 4.78 is 2.16. The van der Waals surface area contributed by atoms with E-state index < -0.39 is 0 Å². The average Bonchev–Trinajstić information content (AvgIpc) is 2.72. The number of piperidine rings is 1. The van der Waals surface area contributed by atoms with Gasteiger partial charge in [-0.25, -0.2) is 4.98 Å². The molecule has 2 aromatic rings. The zero-order valence-electron chi connectivity index (χ0n) is 9.37. The summed E-state index contributed by atoms with van der Waals surface area (Å²) in [5.74, 6) is 0. The van der Waals surface area contributed by atoms with E-state index in [0.29, 0.717) is 6.04 Å². The molecule has 0 unspecified atom stereocenters. The molecule has 3 heterocycles. The molecule has 0 spiro atoms. The first-order valence-electron chi connectivity index (χ1n) is 5.67. The van der Waals surface area contributed by atoms with Gasteiger partial charge in [0.1, 0.15) is 5.52 Å². The summed E-state index contributed by atoms with van der Waals surface area (Å²) >= 11 is 0. The lowest BCUT2D eigenvalue weighted by Gasteiger charge is -2.30. The molecule has 16 heavy (non-hydrogen) atoms. The number of nitrogens with zero attached hydrogens (tertiary/aromatic N) is 5. The number of fused-ring (bicyclic) bond motifs is 1. The van der Waals surface area contributed by atoms with Gasteiger partial charge in [0.25, 0.3) is 0 Å². The van der Waals surface area contributed by atoms with E-state index in [1.165, 1.54) is 19.4 Å². The van der Waals surface area contributed by atoms with E-state index in [1.54, 1.807) is 6.20 Å². The Balaban J connectivity index is 1.99. The van der Waals surface area contributed by atoms with Gasteiger partial charge in [-0.1, -0.05) is 0 Å². The smallest absolute Gasteiger partial charge is 0.182 e. The zero-order valence-corrected chi connectivity index (χ0v) is 9.37. The Hall–Kier alpha value is -1.49. The van der Waals surface area contributed by atoms with Gasteiger partial charge in [0, 0.05) is 12.6 Å². The molecule has 0 bridgehead atoms. The maximum absolute atomic E-state index is 4.36. The van der Waals surface area contributed by atoms with Crippen molar-refractivity contribution in [3.8, 4) is 0 Å². The zero-order chi connectivity index (χ0) is 11.0. The van der Waals surface area contributed by atoms with Crippen LogP contribution in [0.2, 0.25) is 0 Å². The van der Waals surface area contributed by atoms with Crippen molar-refractivity contribution in [2.45, 2.75) is 18.9 Å². The summed E-state index contributed by atoms with van der Waals surface area (Å²) in [6, 6.07) is 2.39. The van der Waals surface area contributed by atoms with E-state index in [9.17, 15) is 0 Å². The van der Waals surface area contributed by atoms with E-state index in [2.05, 4.69) is 31.7 Å². The Morgan fingerprint density at radius 2 is 2.38 bits per heavy atom. The minimum Gasteiger partial charge on any atom is -0.309 e. The third kappa shape index (κ3) is 1.57. The molecule has 0 aromatic carbocycles. The number of likely N-dealkylation sites (N-methyl/N-ethyl adjacent to an activating group) is 1. The minimum absolute atomic E-state index is 0.487. The normalized spacial score (nSPS) is 22.7. The van der Waals surface area contributed by atoms with Gasteiger partial charge in [-0.05, 0) is 32.5 Å². The van der Waals surface area contributed by atoms with Crippen LogP contribution < -0.4 is 0 Å². The Morgan fingerprint density at radius 1 is 1.44 bits per heavy atom. The quantitative estimate of drug-likeness (QED) is 0.717. The molecule has 84 valence electrons. The highest BCUT2D eigenvalue weighted by molar-refractivity contribution is 5.69. The molecule has 1 saturated heterocycles. The fraction of sp³-hybridized carbons (Fsp3) is 0.545. The Morgan fingerprint density at radius 3 is 3.25 bits per heavy atom. The van der Waals surface area contributed by atoms with Crippen LogP contribution in [0.15, 0.2) is 18.6 Å². The van der Waals surface area contributed by atoms with E-state index in [1.807, 2.05) is 12.4 Å². The molecule has 0 radical (unpaired) electrons. The first-order valence-corrected chi connectivity index (χ1v) is 5.67. The van der Waals surface area contributed by atoms with Gasteiger partial charge in [0.05, 0.1) is 12.5 Å². The van der Waals surface area contributed by atoms with Crippen molar-refractivity contribution < 1.29 is 0 Å². The van der Waals surface area contributed by atoms with Crippen molar-refractivity contribution >= 4 is 11.2 Å². The third-order valence-electron chi connectivity index (χ3n) is 3.24. The van der Waals surface area contributed by atoms with Crippen molar-refractivity contribution in [3.05, 3.63) is 18.6 Å². The van der Waals surface area contributed by atoms with Crippen LogP contribution in [-0.4, -0.2) is 44.8 Å². The summed E-state index contributed by atoms with van der Waals surface area (Å²) in [6.07, 6.45) is 6.02. The van der Waals surface area contributed by atoms with Crippen LogP contribution in [0, 0.1) is 0 Å². The summed E-state index contributed by atoms with van der Waals surface area (Å²) in [5.41, 5.74) is 1.84. The standard InChI is InChI=1S/C11H15N5/c1-15-6-2-3-9(7-15)16-8-12-10-4-5-13-14-11(10)16/h4-5,8-9H,2-3,6-7H2,1H3/t9-/m1/s1. The number of likely N-dealkylation sites (tertiary alicyclic amines) is 1. The maximum atomic E-state index is 4.36. The number of hydrogen-bond donors (Lipinski definition) is 0. The Bertz CT molecular complexity index is 492. The van der Waals surface area contributed by atoms with Gasteiger partial charge >= 0.3 is 0 Å². The minimum atomic E-state index is 0.487. The first kappa shape index (κ1) is 9.72. The molecule has 1 aliphatic rings. The summed E-state index contributed by atoms with van der Waals surface area (Å²) in [5, 5.41) is 8.11. The molecule has 1 aliphatic heterocycles. The van der Waals surface area contributed by atoms with Crippen LogP contribution in [-0.2, 0) is 0 Å². The molecule has 2 aromatic heterocycles. The van der Waals surface area contributed by atoms with Gasteiger partial charge in [0.2, 0.25) is 0 Å². The lowest BCUT2D eigenvalue weighted by Crippen LogP contribution is -2.33. The molecule has 5 nitrogen and oxygen atoms in total. The van der Waals surface area contributed by atoms with Gasteiger partial charge in [-0.3, -0.25) is 0 Å². The predicted molar refractivity (Wildman–Crippen MR) is 61.1 cm³/mol. The van der Waals surface area contributed by atoms with E-state index in [0.717, 1.165) is 17.7 Å². The molecule has 3 rings (SSSR count). The topological polar surface area (TPSA) is 46.8 Å². The second kappa shape index (κ2) is 3.83. The van der Waals surface area contributed by atoms with Gasteiger partial charge in [0.15, 0.2) is 5.65 Å². The van der Waals surface area contributed by atoms with Crippen LogP contribution in [0.3, 0.4) is 0 Å². The summed E-state index contributed by atoms with van der Waals surface area (Å²) in [6.45, 7) is 2.26.